The molecule has 5 radical (unpaired) electrons. The van der Waals surface area contributed by atoms with Gasteiger partial charge in [0.25, 0.3) is 0 Å². The molecule has 2 aromatic rings. The van der Waals surface area contributed by atoms with E-state index in [9.17, 15) is 25.2 Å². The third-order valence-electron chi connectivity index (χ3n) is 3.28. The Morgan fingerprint density at radius 3 is 1.47 bits per heavy atom. The second kappa shape index (κ2) is 9.31. The zero-order valence-corrected chi connectivity index (χ0v) is 18.4. The number of halogens is 6. The summed E-state index contributed by atoms with van der Waals surface area (Å²) in [5.41, 5.74) is 1.01. The van der Waals surface area contributed by atoms with Crippen LogP contribution in [-0.4, -0.2) is 14.1 Å². The number of hydrogen-bond donors (Lipinski definition) is 0. The van der Waals surface area contributed by atoms with Gasteiger partial charge in [-0.2, -0.15) is 0 Å². The average molecular weight is 538 g/mol. The van der Waals surface area contributed by atoms with Gasteiger partial charge in [-0.1, -0.05) is 18.2 Å². The molecule has 4 rings (SSSR count). The summed E-state index contributed by atoms with van der Waals surface area (Å²) in [6, 6.07) is 13.6. The van der Waals surface area contributed by atoms with Gasteiger partial charge in [-0.05, 0) is 56.4 Å². The fourth-order valence-corrected chi connectivity index (χ4v) is 2.21. The molecule has 11 heteroatoms. The van der Waals surface area contributed by atoms with Crippen molar-refractivity contribution in [1.29, 1.82) is 0 Å². The number of benzene rings is 2. The minimum atomic E-state index is -10.7. The topological polar surface area (TPSA) is 21.7 Å². The maximum absolute atomic E-state index is 10.7. The third kappa shape index (κ3) is 10.5. The molecular weight excluding hydrogens is 520 g/mol. The molecule has 3 nitrogen and oxygen atoms in total. The Hall–Kier alpha value is -1.53. The van der Waals surface area contributed by atoms with Crippen molar-refractivity contribution in [3.8, 4) is 23.0 Å². The molecule has 0 spiro atoms. The number of ether oxygens (including phenoxy) is 2. The van der Waals surface area contributed by atoms with Crippen molar-refractivity contribution in [1.82, 2.24) is 0 Å². The van der Waals surface area contributed by atoms with E-state index < -0.39 is 7.81 Å². The van der Waals surface area contributed by atoms with Crippen LogP contribution < -0.4 is 14.4 Å². The first-order chi connectivity index (χ1) is 13.2. The van der Waals surface area contributed by atoms with E-state index >= 15 is 0 Å². The Morgan fingerprint density at radius 2 is 1.03 bits per heavy atom. The molecular formula is C19H18F6NO2PRu+. The third-order valence-corrected chi connectivity index (χ3v) is 3.28. The van der Waals surface area contributed by atoms with Crippen LogP contribution in [0.1, 0.15) is 0 Å². The smallest absolute Gasteiger partial charge is 0.0312 e. The van der Waals surface area contributed by atoms with E-state index in [0.29, 0.717) is 0 Å². The van der Waals surface area contributed by atoms with Crippen molar-refractivity contribution < 1.29 is 54.1 Å². The molecule has 0 amide bonds. The number of fused-ring (bicyclic) bond motifs is 2. The van der Waals surface area contributed by atoms with E-state index in [2.05, 4.69) is 0 Å². The molecule has 2 aliphatic rings. The van der Waals surface area contributed by atoms with Crippen molar-refractivity contribution in [3.05, 3.63) is 74.6 Å². The van der Waals surface area contributed by atoms with Crippen LogP contribution in [0.2, 0.25) is 0 Å². The summed E-state index contributed by atoms with van der Waals surface area (Å²) in [6.07, 6.45) is 10.0. The SMILES string of the molecule is CN(C)c1cccc2c1Oc1ccccc1O2.F[P-](F)(F)(F)(F)F.[CH]1[CH][CH][CH][CH]1.[Ru+2]. The van der Waals surface area contributed by atoms with Crippen LogP contribution >= 0.6 is 7.81 Å². The maximum atomic E-state index is 9.87. The van der Waals surface area contributed by atoms with Crippen LogP contribution in [0.15, 0.2) is 42.5 Å². The zero-order valence-electron chi connectivity index (χ0n) is 15.8. The summed E-state index contributed by atoms with van der Waals surface area (Å²) in [5, 5.41) is 0. The van der Waals surface area contributed by atoms with Gasteiger partial charge in [0, 0.05) is 14.1 Å². The summed E-state index contributed by atoms with van der Waals surface area (Å²) in [6.45, 7) is 0. The quantitative estimate of drug-likeness (QED) is 0.178. The molecule has 30 heavy (non-hydrogen) atoms. The summed E-state index contributed by atoms with van der Waals surface area (Å²) >= 11 is 0. The summed E-state index contributed by atoms with van der Waals surface area (Å²) in [7, 11) is -6.69. The van der Waals surface area contributed by atoms with Crippen LogP contribution in [0.4, 0.5) is 30.9 Å². The number of para-hydroxylation sites is 3. The van der Waals surface area contributed by atoms with Crippen molar-refractivity contribution >= 4 is 13.5 Å². The molecule has 0 aromatic heterocycles. The number of nitrogens with zero attached hydrogens (tertiary/aromatic N) is 1. The van der Waals surface area contributed by atoms with Crippen LogP contribution in [0, 0.1) is 32.1 Å². The molecule has 0 N–H and O–H groups in total. The predicted molar refractivity (Wildman–Crippen MR) is 102 cm³/mol. The normalized spacial score (nSPS) is 16.1. The monoisotopic (exact) mass is 539 g/mol. The van der Waals surface area contributed by atoms with Gasteiger partial charge in [-0.3, -0.25) is 0 Å². The molecule has 1 heterocycles. The first-order valence-electron chi connectivity index (χ1n) is 8.19. The van der Waals surface area contributed by atoms with Crippen molar-refractivity contribution in [2.45, 2.75) is 0 Å². The maximum Gasteiger partial charge on any atom is 2.00 e. The Morgan fingerprint density at radius 1 is 0.633 bits per heavy atom. The zero-order chi connectivity index (χ0) is 21.8. The van der Waals surface area contributed by atoms with Crippen LogP contribution in [0.3, 0.4) is 0 Å². The summed E-state index contributed by atoms with van der Waals surface area (Å²) in [4.78, 5) is 2.01. The number of hydrogen-bond acceptors (Lipinski definition) is 3. The molecule has 1 aliphatic carbocycles. The molecule has 165 valence electrons. The fraction of sp³-hybridized carbons (Fsp3) is 0.105. The Balaban J connectivity index is 0.000000288. The Labute approximate surface area is 184 Å². The van der Waals surface area contributed by atoms with Gasteiger partial charge in [-0.25, -0.2) is 0 Å². The fourth-order valence-electron chi connectivity index (χ4n) is 2.21. The van der Waals surface area contributed by atoms with Crippen molar-refractivity contribution in [2.75, 3.05) is 19.0 Å². The molecule has 0 atom stereocenters. The van der Waals surface area contributed by atoms with Gasteiger partial charge in [0.05, 0.1) is 5.69 Å². The second-order valence-electron chi connectivity index (χ2n) is 6.07. The first kappa shape index (κ1) is 26.5. The van der Waals surface area contributed by atoms with Crippen molar-refractivity contribution in [3.63, 3.8) is 0 Å². The van der Waals surface area contributed by atoms with Gasteiger partial charge in [-0.15, -0.1) is 0 Å². The minimum absolute atomic E-state index is 0. The number of anilines is 1. The summed E-state index contributed by atoms with van der Waals surface area (Å²) < 4.78 is 70.9. The molecule has 1 saturated carbocycles. The van der Waals surface area contributed by atoms with Gasteiger partial charge in [0.2, 0.25) is 0 Å². The molecule has 0 unspecified atom stereocenters. The first-order valence-corrected chi connectivity index (χ1v) is 10.2. The second-order valence-corrected chi connectivity index (χ2v) is 7.99. The minimum Gasteiger partial charge on any atom is -0.0312 e. The van der Waals surface area contributed by atoms with E-state index in [1.165, 1.54) is 0 Å². The molecule has 0 bridgehead atoms. The predicted octanol–water partition coefficient (Wildman–Crippen LogP) is 8.05. The molecule has 1 aliphatic heterocycles. The average Bonchev–Trinajstić information content (AvgIpc) is 3.16. The molecule has 2 aromatic carbocycles. The number of rotatable bonds is 1. The summed E-state index contributed by atoms with van der Waals surface area (Å²) in [5.74, 6) is 3.05. The van der Waals surface area contributed by atoms with E-state index in [1.807, 2.05) is 93.6 Å². The van der Waals surface area contributed by atoms with Crippen molar-refractivity contribution in [2.24, 2.45) is 0 Å². The Bertz CT molecular complexity index is 824. The van der Waals surface area contributed by atoms with Gasteiger partial charge in [0.15, 0.2) is 23.0 Å². The standard InChI is InChI=1S/C14H13NO2.C5H5.F6P.Ru/c1-15(2)10-6-5-9-13-14(10)17-12-8-4-3-7-11(12)16-13;1-2-4-5-3-1;1-7(2,3,4,5)6;/h3-9H,1-2H3;1-5H;;/q;;-1;+2. The Kier molecular flexibility index (Phi) is 8.23. The molecule has 1 fully saturated rings. The van der Waals surface area contributed by atoms with Crippen LogP contribution in [0.5, 0.6) is 23.0 Å². The van der Waals surface area contributed by atoms with Crippen LogP contribution in [0.25, 0.3) is 0 Å². The van der Waals surface area contributed by atoms with Gasteiger partial charge >= 0.3 is 52.5 Å². The van der Waals surface area contributed by atoms with Gasteiger partial charge in [0.1, 0.15) is 0 Å². The van der Waals surface area contributed by atoms with Gasteiger partial charge < -0.3 is 14.4 Å². The van der Waals surface area contributed by atoms with E-state index in [-0.39, 0.29) is 19.5 Å². The van der Waals surface area contributed by atoms with E-state index in [4.69, 9.17) is 9.47 Å². The van der Waals surface area contributed by atoms with Crippen LogP contribution in [-0.2, 0) is 19.5 Å². The largest absolute Gasteiger partial charge is 2.00 e. The van der Waals surface area contributed by atoms with E-state index in [1.54, 1.807) is 0 Å². The molecule has 0 saturated heterocycles. The van der Waals surface area contributed by atoms with E-state index in [0.717, 1.165) is 28.7 Å².